The first-order valence-electron chi connectivity index (χ1n) is 5.62. The minimum Gasteiger partial charge on any atom is -0.493 e. The molecular formula is C13H10O5. The fraction of sp³-hybridized carbons (Fsp3) is 0.231. The second-order valence-corrected chi connectivity index (χ2v) is 4.19. The summed E-state index contributed by atoms with van der Waals surface area (Å²) in [7, 11) is 0. The molecule has 1 aliphatic heterocycles. The number of carboxylic acids is 1. The van der Waals surface area contributed by atoms with Crippen LogP contribution in [0.15, 0.2) is 27.4 Å². The Balaban J connectivity index is 2.30. The van der Waals surface area contributed by atoms with Gasteiger partial charge in [-0.15, -0.1) is 0 Å². The minimum atomic E-state index is -1.26. The lowest BCUT2D eigenvalue weighted by Gasteiger charge is -2.17. The number of hydrogen-bond donors (Lipinski definition) is 1. The van der Waals surface area contributed by atoms with E-state index in [9.17, 15) is 9.59 Å². The predicted molar refractivity (Wildman–Crippen MR) is 63.3 cm³/mol. The van der Waals surface area contributed by atoms with Crippen LogP contribution in [0.1, 0.15) is 22.5 Å². The Morgan fingerprint density at radius 1 is 1.28 bits per heavy atom. The zero-order chi connectivity index (χ0) is 12.7. The number of carbonyl (C=O) groups is 1. The van der Waals surface area contributed by atoms with Crippen LogP contribution in [0.2, 0.25) is 0 Å². The molecule has 1 N–H and O–H groups in total. The van der Waals surface area contributed by atoms with E-state index < -0.39 is 5.97 Å². The lowest BCUT2D eigenvalue weighted by atomic mass is 10.0. The average molecular weight is 246 g/mol. The summed E-state index contributed by atoms with van der Waals surface area (Å²) in [5.74, 6) is -0.949. The van der Waals surface area contributed by atoms with E-state index in [4.69, 9.17) is 14.3 Å². The molecule has 0 spiro atoms. The molecule has 18 heavy (non-hydrogen) atoms. The van der Waals surface area contributed by atoms with Crippen molar-refractivity contribution in [2.24, 2.45) is 0 Å². The van der Waals surface area contributed by atoms with Gasteiger partial charge in [0.1, 0.15) is 11.3 Å². The summed E-state index contributed by atoms with van der Waals surface area (Å²) in [6, 6.07) is 4.32. The van der Waals surface area contributed by atoms with Crippen LogP contribution in [0, 0.1) is 0 Å². The molecule has 5 heteroatoms. The number of aryl methyl sites for hydroxylation is 1. The van der Waals surface area contributed by atoms with E-state index in [0.29, 0.717) is 17.7 Å². The maximum Gasteiger partial charge on any atom is 0.371 e. The summed E-state index contributed by atoms with van der Waals surface area (Å²) < 4.78 is 10.7. The summed E-state index contributed by atoms with van der Waals surface area (Å²) in [6.07, 6.45) is 1.77. The number of rotatable bonds is 1. The second-order valence-electron chi connectivity index (χ2n) is 4.19. The van der Waals surface area contributed by atoms with Gasteiger partial charge in [-0.25, -0.2) is 4.79 Å². The number of fused-ring (bicyclic) bond motifs is 2. The first kappa shape index (κ1) is 10.8. The molecule has 2 aromatic rings. The molecule has 0 unspecified atom stereocenters. The Kier molecular flexibility index (Phi) is 2.33. The van der Waals surface area contributed by atoms with Gasteiger partial charge >= 0.3 is 5.97 Å². The molecule has 2 heterocycles. The molecule has 1 aromatic carbocycles. The highest BCUT2D eigenvalue weighted by atomic mass is 16.5. The quantitative estimate of drug-likeness (QED) is 0.830. The van der Waals surface area contributed by atoms with Gasteiger partial charge in [0.15, 0.2) is 5.43 Å². The molecule has 0 fully saturated rings. The van der Waals surface area contributed by atoms with Gasteiger partial charge in [0.2, 0.25) is 5.76 Å². The highest BCUT2D eigenvalue weighted by molar-refractivity contribution is 5.88. The fourth-order valence-corrected chi connectivity index (χ4v) is 2.11. The second kappa shape index (κ2) is 3.87. The standard InChI is InChI=1S/C13H10O5/c14-9-5-12(13(15)16)18-11-6-10-7(4-8(9)11)2-1-3-17-10/h4-6H,1-3H2,(H,15,16). The average Bonchev–Trinajstić information content (AvgIpc) is 2.36. The van der Waals surface area contributed by atoms with Gasteiger partial charge in [-0.05, 0) is 24.5 Å². The van der Waals surface area contributed by atoms with Crippen LogP contribution in [0.25, 0.3) is 11.0 Å². The molecule has 1 aromatic heterocycles. The van der Waals surface area contributed by atoms with Gasteiger partial charge in [0.05, 0.1) is 12.0 Å². The van der Waals surface area contributed by atoms with E-state index >= 15 is 0 Å². The largest absolute Gasteiger partial charge is 0.493 e. The number of carboxylic acid groups (broad SMARTS) is 1. The van der Waals surface area contributed by atoms with Gasteiger partial charge in [0, 0.05) is 12.1 Å². The van der Waals surface area contributed by atoms with Crippen molar-refractivity contribution in [2.45, 2.75) is 12.8 Å². The maximum absolute atomic E-state index is 11.8. The normalized spacial score (nSPS) is 14.0. The Morgan fingerprint density at radius 3 is 2.89 bits per heavy atom. The first-order valence-corrected chi connectivity index (χ1v) is 5.62. The monoisotopic (exact) mass is 246 g/mol. The van der Waals surface area contributed by atoms with Gasteiger partial charge in [0.25, 0.3) is 0 Å². The topological polar surface area (TPSA) is 76.7 Å². The van der Waals surface area contributed by atoms with E-state index in [2.05, 4.69) is 0 Å². The van der Waals surface area contributed by atoms with Crippen molar-refractivity contribution >= 4 is 16.9 Å². The van der Waals surface area contributed by atoms with Crippen LogP contribution in [0.4, 0.5) is 0 Å². The van der Waals surface area contributed by atoms with Gasteiger partial charge in [-0.2, -0.15) is 0 Å². The van der Waals surface area contributed by atoms with Crippen molar-refractivity contribution in [3.05, 3.63) is 39.7 Å². The Hall–Kier alpha value is -2.30. The fourth-order valence-electron chi connectivity index (χ4n) is 2.11. The Bertz CT molecular complexity index is 698. The maximum atomic E-state index is 11.8. The van der Waals surface area contributed by atoms with Crippen molar-refractivity contribution in [3.63, 3.8) is 0 Å². The molecule has 0 saturated heterocycles. The summed E-state index contributed by atoms with van der Waals surface area (Å²) in [4.78, 5) is 22.6. The van der Waals surface area contributed by atoms with Gasteiger partial charge < -0.3 is 14.3 Å². The lowest BCUT2D eigenvalue weighted by molar-refractivity contribution is 0.0663. The SMILES string of the molecule is O=C(O)c1cc(=O)c2cc3c(cc2o1)OCCC3. The number of aromatic carboxylic acids is 1. The molecule has 0 bridgehead atoms. The zero-order valence-electron chi connectivity index (χ0n) is 9.43. The van der Waals surface area contributed by atoms with Crippen LogP contribution in [0.3, 0.4) is 0 Å². The zero-order valence-corrected chi connectivity index (χ0v) is 9.43. The van der Waals surface area contributed by atoms with E-state index in [1.165, 1.54) is 0 Å². The summed E-state index contributed by atoms with van der Waals surface area (Å²) in [5, 5.41) is 9.24. The number of benzene rings is 1. The highest BCUT2D eigenvalue weighted by Gasteiger charge is 2.16. The van der Waals surface area contributed by atoms with Crippen LogP contribution >= 0.6 is 0 Å². The molecule has 0 radical (unpaired) electrons. The third-order valence-electron chi connectivity index (χ3n) is 2.97. The van der Waals surface area contributed by atoms with E-state index in [-0.39, 0.29) is 16.8 Å². The molecule has 0 aliphatic carbocycles. The molecule has 0 atom stereocenters. The van der Waals surface area contributed by atoms with E-state index in [1.807, 2.05) is 0 Å². The van der Waals surface area contributed by atoms with E-state index in [1.54, 1.807) is 12.1 Å². The van der Waals surface area contributed by atoms with Crippen molar-refractivity contribution in [1.29, 1.82) is 0 Å². The summed E-state index contributed by atoms with van der Waals surface area (Å²) in [5.41, 5.74) is 0.867. The number of hydrogen-bond acceptors (Lipinski definition) is 4. The van der Waals surface area contributed by atoms with Crippen molar-refractivity contribution in [1.82, 2.24) is 0 Å². The van der Waals surface area contributed by atoms with Crippen molar-refractivity contribution < 1.29 is 19.1 Å². The third-order valence-corrected chi connectivity index (χ3v) is 2.97. The van der Waals surface area contributed by atoms with Crippen LogP contribution < -0.4 is 10.2 Å². The number of ether oxygens (including phenoxy) is 1. The van der Waals surface area contributed by atoms with Crippen molar-refractivity contribution in [3.8, 4) is 5.75 Å². The van der Waals surface area contributed by atoms with Gasteiger partial charge in [-0.3, -0.25) is 4.79 Å². The highest BCUT2D eigenvalue weighted by Crippen LogP contribution is 2.29. The van der Waals surface area contributed by atoms with Crippen molar-refractivity contribution in [2.75, 3.05) is 6.61 Å². The van der Waals surface area contributed by atoms with Crippen LogP contribution in [-0.4, -0.2) is 17.7 Å². The minimum absolute atomic E-state index is 0.251. The molecule has 0 amide bonds. The lowest BCUT2D eigenvalue weighted by Crippen LogP contribution is -2.11. The Labute approximate surface area is 102 Å². The molecule has 3 rings (SSSR count). The molecule has 1 aliphatic rings. The van der Waals surface area contributed by atoms with Gasteiger partial charge in [-0.1, -0.05) is 0 Å². The van der Waals surface area contributed by atoms with Crippen LogP contribution in [-0.2, 0) is 6.42 Å². The summed E-state index contributed by atoms with van der Waals surface area (Å²) >= 11 is 0. The molecule has 5 nitrogen and oxygen atoms in total. The Morgan fingerprint density at radius 2 is 2.11 bits per heavy atom. The van der Waals surface area contributed by atoms with Crippen LogP contribution in [0.5, 0.6) is 5.75 Å². The van der Waals surface area contributed by atoms with E-state index in [0.717, 1.165) is 24.5 Å². The molecular weight excluding hydrogens is 236 g/mol. The molecule has 92 valence electrons. The molecule has 0 saturated carbocycles. The smallest absolute Gasteiger partial charge is 0.371 e. The third kappa shape index (κ3) is 1.64. The first-order chi connectivity index (χ1) is 8.65. The summed E-state index contributed by atoms with van der Waals surface area (Å²) in [6.45, 7) is 0.626. The predicted octanol–water partition coefficient (Wildman–Crippen LogP) is 1.82.